The van der Waals surface area contributed by atoms with Gasteiger partial charge in [0, 0.05) is 17.6 Å². The first-order valence-electron chi connectivity index (χ1n) is 6.45. The van der Waals surface area contributed by atoms with Gasteiger partial charge < -0.3 is 11.1 Å². The number of nitrogens with one attached hydrogen (secondary N) is 1. The normalized spacial score (nSPS) is 20.9. The van der Waals surface area contributed by atoms with Crippen LogP contribution in [0, 0.1) is 11.3 Å². The van der Waals surface area contributed by atoms with Gasteiger partial charge in [0.05, 0.1) is 5.52 Å². The van der Waals surface area contributed by atoms with E-state index in [0.717, 1.165) is 34.9 Å². The van der Waals surface area contributed by atoms with Crippen molar-refractivity contribution in [2.75, 3.05) is 17.6 Å². The molecule has 3 N–H and O–H groups in total. The molecule has 1 saturated carbocycles. The summed E-state index contributed by atoms with van der Waals surface area (Å²) >= 11 is 0. The molecular weight excluding hydrogens is 222 g/mol. The number of rotatable bonds is 3. The molecule has 0 spiro atoms. The van der Waals surface area contributed by atoms with Crippen LogP contribution in [0.2, 0.25) is 0 Å². The molecule has 0 saturated heterocycles. The van der Waals surface area contributed by atoms with E-state index in [1.54, 1.807) is 0 Å². The van der Waals surface area contributed by atoms with Gasteiger partial charge in [-0.3, -0.25) is 0 Å². The Hall–Kier alpha value is -1.77. The monoisotopic (exact) mass is 241 g/mol. The molecule has 3 heteroatoms. The van der Waals surface area contributed by atoms with E-state index < -0.39 is 0 Å². The van der Waals surface area contributed by atoms with Crippen molar-refractivity contribution in [1.29, 1.82) is 0 Å². The first kappa shape index (κ1) is 11.3. The van der Waals surface area contributed by atoms with Crippen LogP contribution in [0.25, 0.3) is 10.9 Å². The van der Waals surface area contributed by atoms with Gasteiger partial charge in [-0.1, -0.05) is 13.8 Å². The first-order valence-corrected chi connectivity index (χ1v) is 6.45. The van der Waals surface area contributed by atoms with E-state index in [1.165, 1.54) is 6.42 Å². The Morgan fingerprint density at radius 3 is 2.83 bits per heavy atom. The van der Waals surface area contributed by atoms with Gasteiger partial charge in [0.25, 0.3) is 0 Å². The van der Waals surface area contributed by atoms with Crippen LogP contribution in [0.1, 0.15) is 20.3 Å². The number of nitrogens with zero attached hydrogens (tertiary/aromatic N) is 1. The average Bonchev–Trinajstić information content (AvgIpc) is 2.94. The number of fused-ring (bicyclic) bond motifs is 1. The van der Waals surface area contributed by atoms with Crippen molar-refractivity contribution >= 4 is 22.4 Å². The van der Waals surface area contributed by atoms with Gasteiger partial charge in [-0.15, -0.1) is 0 Å². The smallest absolute Gasteiger partial charge is 0.126 e. The Balaban J connectivity index is 1.75. The van der Waals surface area contributed by atoms with E-state index in [1.807, 2.05) is 24.3 Å². The van der Waals surface area contributed by atoms with Crippen LogP contribution >= 0.6 is 0 Å². The zero-order valence-electron chi connectivity index (χ0n) is 10.9. The van der Waals surface area contributed by atoms with E-state index in [2.05, 4.69) is 30.2 Å². The minimum atomic E-state index is 0.512. The molecule has 1 aliphatic rings. The van der Waals surface area contributed by atoms with Gasteiger partial charge in [0.15, 0.2) is 0 Å². The molecule has 0 bridgehead atoms. The minimum absolute atomic E-state index is 0.512. The van der Waals surface area contributed by atoms with Gasteiger partial charge in [0.2, 0.25) is 0 Å². The van der Waals surface area contributed by atoms with Crippen LogP contribution in [0.4, 0.5) is 11.5 Å². The highest BCUT2D eigenvalue weighted by Crippen LogP contribution is 2.51. The van der Waals surface area contributed by atoms with Crippen LogP contribution in [-0.4, -0.2) is 11.5 Å². The molecular formula is C15H19N3. The van der Waals surface area contributed by atoms with Crippen LogP contribution in [0.3, 0.4) is 0 Å². The fraction of sp³-hybridized carbons (Fsp3) is 0.400. The van der Waals surface area contributed by atoms with Crippen LogP contribution in [0.5, 0.6) is 0 Å². The Kier molecular flexibility index (Phi) is 2.44. The number of anilines is 2. The molecule has 18 heavy (non-hydrogen) atoms. The SMILES string of the molecule is CC1(C)CC1CNc1ccc2cc(N)ccc2n1. The van der Waals surface area contributed by atoms with Crippen LogP contribution in [0.15, 0.2) is 30.3 Å². The highest BCUT2D eigenvalue weighted by molar-refractivity contribution is 5.83. The summed E-state index contributed by atoms with van der Waals surface area (Å²) in [5.74, 6) is 1.73. The molecule has 0 amide bonds. The summed E-state index contributed by atoms with van der Waals surface area (Å²) in [5.41, 5.74) is 8.04. The minimum Gasteiger partial charge on any atom is -0.399 e. The first-order chi connectivity index (χ1) is 8.54. The lowest BCUT2D eigenvalue weighted by Gasteiger charge is -2.08. The molecule has 3 rings (SSSR count). The van der Waals surface area contributed by atoms with Gasteiger partial charge >= 0.3 is 0 Å². The molecule has 1 aromatic heterocycles. The molecule has 0 aliphatic heterocycles. The molecule has 1 aromatic carbocycles. The predicted octanol–water partition coefficient (Wildman–Crippen LogP) is 3.28. The van der Waals surface area contributed by atoms with Crippen LogP contribution < -0.4 is 11.1 Å². The van der Waals surface area contributed by atoms with Gasteiger partial charge in [0.1, 0.15) is 5.82 Å². The van der Waals surface area contributed by atoms with Crippen molar-refractivity contribution in [2.45, 2.75) is 20.3 Å². The third-order valence-electron chi connectivity index (χ3n) is 3.96. The summed E-state index contributed by atoms with van der Waals surface area (Å²) in [4.78, 5) is 4.60. The molecule has 94 valence electrons. The second-order valence-electron chi connectivity index (χ2n) is 5.92. The third-order valence-corrected chi connectivity index (χ3v) is 3.96. The fourth-order valence-electron chi connectivity index (χ4n) is 2.39. The van der Waals surface area contributed by atoms with Crippen molar-refractivity contribution in [3.63, 3.8) is 0 Å². The van der Waals surface area contributed by atoms with Crippen molar-refractivity contribution in [3.05, 3.63) is 30.3 Å². The highest BCUT2D eigenvalue weighted by atomic mass is 15.0. The second kappa shape index (κ2) is 3.87. The quantitative estimate of drug-likeness (QED) is 0.811. The van der Waals surface area contributed by atoms with Gasteiger partial charge in [-0.25, -0.2) is 4.98 Å². The number of hydrogen-bond donors (Lipinski definition) is 2. The molecule has 3 nitrogen and oxygen atoms in total. The predicted molar refractivity (Wildman–Crippen MR) is 76.5 cm³/mol. The Morgan fingerprint density at radius 2 is 2.11 bits per heavy atom. The number of hydrogen-bond acceptors (Lipinski definition) is 3. The third kappa shape index (κ3) is 2.13. The standard InChI is InChI=1S/C15H19N3/c1-15(2)8-11(15)9-17-14-6-3-10-7-12(16)4-5-13(10)18-14/h3-7,11H,8-9,16H2,1-2H3,(H,17,18). The number of nitrogen functional groups attached to an aromatic ring is 1. The van der Waals surface area contributed by atoms with Crippen molar-refractivity contribution in [3.8, 4) is 0 Å². The molecule has 1 atom stereocenters. The lowest BCUT2D eigenvalue weighted by Crippen LogP contribution is -2.08. The lowest BCUT2D eigenvalue weighted by atomic mass is 10.1. The summed E-state index contributed by atoms with van der Waals surface area (Å²) in [7, 11) is 0. The summed E-state index contributed by atoms with van der Waals surface area (Å²) in [6.07, 6.45) is 1.31. The average molecular weight is 241 g/mol. The van der Waals surface area contributed by atoms with Gasteiger partial charge in [-0.05, 0) is 48.1 Å². The van der Waals surface area contributed by atoms with Crippen molar-refractivity contribution in [1.82, 2.24) is 4.98 Å². The fourth-order valence-corrected chi connectivity index (χ4v) is 2.39. The van der Waals surface area contributed by atoms with E-state index in [4.69, 9.17) is 5.73 Å². The Labute approximate surface area is 107 Å². The molecule has 2 aromatic rings. The molecule has 1 fully saturated rings. The van der Waals surface area contributed by atoms with E-state index in [9.17, 15) is 0 Å². The topological polar surface area (TPSA) is 50.9 Å². The molecule has 0 radical (unpaired) electrons. The summed E-state index contributed by atoms with van der Waals surface area (Å²) < 4.78 is 0. The highest BCUT2D eigenvalue weighted by Gasteiger charge is 2.44. The summed E-state index contributed by atoms with van der Waals surface area (Å²) in [6.45, 7) is 5.65. The number of aromatic nitrogens is 1. The Morgan fingerprint density at radius 1 is 1.33 bits per heavy atom. The second-order valence-corrected chi connectivity index (χ2v) is 5.92. The maximum atomic E-state index is 5.76. The molecule has 1 unspecified atom stereocenters. The Bertz CT molecular complexity index is 589. The summed E-state index contributed by atoms with van der Waals surface area (Å²) in [5, 5.41) is 4.52. The maximum Gasteiger partial charge on any atom is 0.126 e. The van der Waals surface area contributed by atoms with Crippen molar-refractivity contribution < 1.29 is 0 Å². The summed E-state index contributed by atoms with van der Waals surface area (Å²) in [6, 6.07) is 9.91. The zero-order chi connectivity index (χ0) is 12.8. The molecule has 1 aliphatic carbocycles. The van der Waals surface area contributed by atoms with Crippen molar-refractivity contribution in [2.24, 2.45) is 11.3 Å². The largest absolute Gasteiger partial charge is 0.399 e. The number of pyridine rings is 1. The van der Waals surface area contributed by atoms with E-state index >= 15 is 0 Å². The lowest BCUT2D eigenvalue weighted by molar-refractivity contribution is 0.573. The number of benzene rings is 1. The maximum absolute atomic E-state index is 5.76. The van der Waals surface area contributed by atoms with E-state index in [-0.39, 0.29) is 0 Å². The van der Waals surface area contributed by atoms with Gasteiger partial charge in [-0.2, -0.15) is 0 Å². The van der Waals surface area contributed by atoms with E-state index in [0.29, 0.717) is 5.41 Å². The van der Waals surface area contributed by atoms with Crippen LogP contribution in [-0.2, 0) is 0 Å². The molecule has 1 heterocycles. The number of nitrogens with two attached hydrogens (primary N) is 1. The zero-order valence-corrected chi connectivity index (χ0v) is 10.9.